The first-order valence-electron chi connectivity index (χ1n) is 8.28. The Morgan fingerprint density at radius 2 is 1.97 bits per heavy atom. The average Bonchev–Trinajstić information content (AvgIpc) is 3.14. The second-order valence-corrected chi connectivity index (χ2v) is 8.17. The zero-order valence-electron chi connectivity index (χ0n) is 15.8. The largest absolute Gasteiger partial charge is 0.388 e. The van der Waals surface area contributed by atoms with Crippen LogP contribution in [-0.4, -0.2) is 30.9 Å². The average molecular weight is 474 g/mol. The maximum absolute atomic E-state index is 14.4. The third-order valence-electron chi connectivity index (χ3n) is 4.01. The van der Waals surface area contributed by atoms with E-state index in [0.717, 1.165) is 0 Å². The molecule has 0 aliphatic heterocycles. The molecule has 0 aliphatic rings. The lowest BCUT2D eigenvalue weighted by atomic mass is 10.1. The maximum Gasteiger partial charge on any atom is 0.269 e. The van der Waals surface area contributed by atoms with Crippen molar-refractivity contribution in [2.24, 2.45) is 7.05 Å². The minimum absolute atomic E-state index is 0. The van der Waals surface area contributed by atoms with Gasteiger partial charge in [-0.05, 0) is 30.3 Å². The number of carbonyl (C=O) groups excluding carboxylic acids is 1. The number of hydrazine groups is 1. The standard InChI is InChI=1S/C18H17ClFN5O3S.ClH/c1-21-12-4-3-5-13(8-12)29(27,28)24-23-18(26)14-6-11(7-15(19)17(14)20)16-9-25(2)10-22-16;/h3-10,21,24H,1-2H3,(H,23,26);1H. The van der Waals surface area contributed by atoms with Gasteiger partial charge in [0.15, 0.2) is 5.82 Å². The molecule has 160 valence electrons. The van der Waals surface area contributed by atoms with E-state index in [1.165, 1.54) is 30.3 Å². The number of aromatic nitrogens is 2. The van der Waals surface area contributed by atoms with Crippen LogP contribution in [0.1, 0.15) is 10.4 Å². The first-order chi connectivity index (χ1) is 13.7. The first-order valence-corrected chi connectivity index (χ1v) is 10.1. The van der Waals surface area contributed by atoms with Crippen molar-refractivity contribution in [3.8, 4) is 11.3 Å². The summed E-state index contributed by atoms with van der Waals surface area (Å²) in [5.74, 6) is -1.98. The summed E-state index contributed by atoms with van der Waals surface area (Å²) in [5, 5.41) is 2.53. The highest BCUT2D eigenvalue weighted by Crippen LogP contribution is 2.27. The van der Waals surface area contributed by atoms with Crippen molar-refractivity contribution in [3.63, 3.8) is 0 Å². The summed E-state index contributed by atoms with van der Waals surface area (Å²) in [5.41, 5.74) is 3.04. The molecule has 0 spiro atoms. The van der Waals surface area contributed by atoms with Crippen molar-refractivity contribution >= 4 is 45.6 Å². The Kier molecular flexibility index (Phi) is 7.43. The molecule has 1 heterocycles. The molecule has 0 radical (unpaired) electrons. The molecule has 0 fully saturated rings. The quantitative estimate of drug-likeness (QED) is 0.477. The van der Waals surface area contributed by atoms with Crippen LogP contribution in [0.15, 0.2) is 53.8 Å². The number of halogens is 3. The summed E-state index contributed by atoms with van der Waals surface area (Å²) in [7, 11) is -0.673. The number of hydrogen-bond acceptors (Lipinski definition) is 5. The summed E-state index contributed by atoms with van der Waals surface area (Å²) in [6.07, 6.45) is 3.21. The molecular formula is C18H18Cl2FN5O3S. The minimum atomic E-state index is -4.07. The summed E-state index contributed by atoms with van der Waals surface area (Å²) in [6, 6.07) is 8.54. The molecule has 1 aromatic heterocycles. The number of rotatable bonds is 6. The van der Waals surface area contributed by atoms with E-state index >= 15 is 0 Å². The van der Waals surface area contributed by atoms with E-state index in [4.69, 9.17) is 11.6 Å². The number of sulfonamides is 1. The predicted octanol–water partition coefficient (Wildman–Crippen LogP) is 2.97. The molecule has 8 nitrogen and oxygen atoms in total. The van der Waals surface area contributed by atoms with Crippen LogP contribution in [0.5, 0.6) is 0 Å². The van der Waals surface area contributed by atoms with Crippen LogP contribution < -0.4 is 15.6 Å². The van der Waals surface area contributed by atoms with Gasteiger partial charge in [-0.2, -0.15) is 0 Å². The Morgan fingerprint density at radius 3 is 2.60 bits per heavy atom. The Morgan fingerprint density at radius 1 is 1.23 bits per heavy atom. The summed E-state index contributed by atoms with van der Waals surface area (Å²) in [4.78, 5) is 18.4. The van der Waals surface area contributed by atoms with E-state index in [-0.39, 0.29) is 22.3 Å². The molecule has 0 saturated carbocycles. The molecule has 0 aliphatic carbocycles. The lowest BCUT2D eigenvalue weighted by Crippen LogP contribution is -2.41. The number of nitrogens with one attached hydrogen (secondary N) is 3. The molecule has 30 heavy (non-hydrogen) atoms. The molecule has 0 unspecified atom stereocenters. The monoisotopic (exact) mass is 473 g/mol. The summed E-state index contributed by atoms with van der Waals surface area (Å²) >= 11 is 5.90. The highest BCUT2D eigenvalue weighted by atomic mass is 35.5. The van der Waals surface area contributed by atoms with Gasteiger partial charge < -0.3 is 9.88 Å². The fourth-order valence-electron chi connectivity index (χ4n) is 2.52. The maximum atomic E-state index is 14.4. The number of anilines is 1. The topological polar surface area (TPSA) is 105 Å². The fraction of sp³-hybridized carbons (Fsp3) is 0.111. The number of nitrogens with zero attached hydrogens (tertiary/aromatic N) is 2. The lowest BCUT2D eigenvalue weighted by Gasteiger charge is -2.11. The molecule has 3 aromatic rings. The molecule has 0 saturated heterocycles. The molecule has 3 N–H and O–H groups in total. The minimum Gasteiger partial charge on any atom is -0.388 e. The second kappa shape index (κ2) is 9.43. The molecule has 3 rings (SSSR count). The number of carbonyl (C=O) groups is 1. The van der Waals surface area contributed by atoms with Gasteiger partial charge >= 0.3 is 0 Å². The van der Waals surface area contributed by atoms with E-state index < -0.39 is 27.3 Å². The van der Waals surface area contributed by atoms with Crippen molar-refractivity contribution in [3.05, 3.63) is 65.3 Å². The van der Waals surface area contributed by atoms with Crippen molar-refractivity contribution in [2.75, 3.05) is 12.4 Å². The van der Waals surface area contributed by atoms with E-state index in [2.05, 4.69) is 10.3 Å². The second-order valence-electron chi connectivity index (χ2n) is 6.08. The van der Waals surface area contributed by atoms with Crippen LogP contribution in [0.4, 0.5) is 10.1 Å². The van der Waals surface area contributed by atoms with Gasteiger partial charge in [-0.25, -0.2) is 17.8 Å². The molecular weight excluding hydrogens is 456 g/mol. The van der Waals surface area contributed by atoms with Crippen molar-refractivity contribution in [1.29, 1.82) is 0 Å². The van der Waals surface area contributed by atoms with E-state index in [9.17, 15) is 17.6 Å². The number of hydrogen-bond donors (Lipinski definition) is 3. The highest BCUT2D eigenvalue weighted by molar-refractivity contribution is 7.89. The molecule has 0 atom stereocenters. The SMILES string of the molecule is CNc1cccc(S(=O)(=O)NNC(=O)c2cc(-c3cn(C)cn3)cc(Cl)c2F)c1.Cl. The van der Waals surface area contributed by atoms with Crippen LogP contribution in [0.2, 0.25) is 5.02 Å². The van der Waals surface area contributed by atoms with Crippen molar-refractivity contribution in [1.82, 2.24) is 19.8 Å². The van der Waals surface area contributed by atoms with Crippen LogP contribution >= 0.6 is 24.0 Å². The van der Waals surface area contributed by atoms with Gasteiger partial charge in [0.2, 0.25) is 0 Å². The van der Waals surface area contributed by atoms with E-state index in [1.807, 2.05) is 10.3 Å². The van der Waals surface area contributed by atoms with Gasteiger partial charge in [0.25, 0.3) is 15.9 Å². The highest BCUT2D eigenvalue weighted by Gasteiger charge is 2.21. The fourth-order valence-corrected chi connectivity index (χ4v) is 3.63. The van der Waals surface area contributed by atoms with E-state index in [0.29, 0.717) is 16.9 Å². The third kappa shape index (κ3) is 5.08. The smallest absolute Gasteiger partial charge is 0.269 e. The lowest BCUT2D eigenvalue weighted by molar-refractivity contribution is 0.0941. The zero-order valence-corrected chi connectivity index (χ0v) is 18.2. The Bertz CT molecular complexity index is 1180. The Labute approximate surface area is 183 Å². The van der Waals surface area contributed by atoms with Crippen LogP contribution in [0.3, 0.4) is 0 Å². The predicted molar refractivity (Wildman–Crippen MR) is 115 cm³/mol. The van der Waals surface area contributed by atoms with Gasteiger partial charge in [0.1, 0.15) is 0 Å². The van der Waals surface area contributed by atoms with Gasteiger partial charge in [0, 0.05) is 31.5 Å². The van der Waals surface area contributed by atoms with Crippen molar-refractivity contribution in [2.45, 2.75) is 4.90 Å². The molecule has 0 bridgehead atoms. The summed E-state index contributed by atoms with van der Waals surface area (Å²) in [6.45, 7) is 0. The third-order valence-corrected chi connectivity index (χ3v) is 5.53. The van der Waals surface area contributed by atoms with Gasteiger partial charge in [-0.1, -0.05) is 17.7 Å². The first kappa shape index (κ1) is 23.6. The number of amides is 1. The summed E-state index contributed by atoms with van der Waals surface area (Å²) < 4.78 is 40.9. The van der Waals surface area contributed by atoms with Gasteiger partial charge in [-0.3, -0.25) is 10.2 Å². The molecule has 12 heteroatoms. The Balaban J connectivity index is 0.00000320. The normalized spacial score (nSPS) is 10.9. The van der Waals surface area contributed by atoms with E-state index in [1.54, 1.807) is 37.3 Å². The number of benzene rings is 2. The van der Waals surface area contributed by atoms with Crippen LogP contribution in [-0.2, 0) is 17.1 Å². The zero-order chi connectivity index (χ0) is 21.2. The van der Waals surface area contributed by atoms with Gasteiger partial charge in [-0.15, -0.1) is 17.2 Å². The number of imidazole rings is 1. The van der Waals surface area contributed by atoms with Crippen molar-refractivity contribution < 1.29 is 17.6 Å². The number of aryl methyl sites for hydroxylation is 1. The van der Waals surface area contributed by atoms with Crippen LogP contribution in [0.25, 0.3) is 11.3 Å². The van der Waals surface area contributed by atoms with Gasteiger partial charge in [0.05, 0.1) is 27.5 Å². The molecule has 1 amide bonds. The molecule has 2 aromatic carbocycles. The Hall–Kier alpha value is -2.66. The van der Waals surface area contributed by atoms with Crippen LogP contribution in [0, 0.1) is 5.82 Å².